The fourth-order valence-corrected chi connectivity index (χ4v) is 3.11. The van der Waals surface area contributed by atoms with Crippen molar-refractivity contribution in [3.05, 3.63) is 54.9 Å². The second-order valence-electron chi connectivity index (χ2n) is 4.32. The van der Waals surface area contributed by atoms with Crippen LogP contribution in [0.5, 0.6) is 0 Å². The fraction of sp³-hybridized carbons (Fsp3) is 0.154. The summed E-state index contributed by atoms with van der Waals surface area (Å²) in [6.07, 6.45) is 1.49. The molecule has 4 nitrogen and oxygen atoms in total. The minimum absolute atomic E-state index is 0.176. The molecule has 0 atom stereocenters. The molecule has 0 saturated heterocycles. The molecule has 0 fully saturated rings. The van der Waals surface area contributed by atoms with Crippen molar-refractivity contribution in [2.75, 3.05) is 0 Å². The van der Waals surface area contributed by atoms with E-state index in [0.29, 0.717) is 27.5 Å². The van der Waals surface area contributed by atoms with Gasteiger partial charge in [-0.1, -0.05) is 23.2 Å². The van der Waals surface area contributed by atoms with E-state index in [0.717, 1.165) is 10.7 Å². The second kappa shape index (κ2) is 5.16. The van der Waals surface area contributed by atoms with E-state index in [9.17, 15) is 4.79 Å². The number of rotatable bonds is 2. The van der Waals surface area contributed by atoms with Crippen LogP contribution in [0.25, 0.3) is 10.9 Å². The van der Waals surface area contributed by atoms with Crippen LogP contribution in [0.2, 0.25) is 10.0 Å². The van der Waals surface area contributed by atoms with Crippen molar-refractivity contribution in [2.24, 2.45) is 0 Å². The van der Waals surface area contributed by atoms with E-state index in [4.69, 9.17) is 23.2 Å². The van der Waals surface area contributed by atoms with Gasteiger partial charge in [0.15, 0.2) is 0 Å². The maximum Gasteiger partial charge on any atom is 0.261 e. The molecule has 20 heavy (non-hydrogen) atoms. The van der Waals surface area contributed by atoms with Gasteiger partial charge in [-0.2, -0.15) is 0 Å². The lowest BCUT2D eigenvalue weighted by molar-refractivity contribution is 0.732. The zero-order valence-corrected chi connectivity index (χ0v) is 12.8. The molecule has 0 N–H and O–H groups in total. The van der Waals surface area contributed by atoms with E-state index in [1.54, 1.807) is 23.5 Å². The van der Waals surface area contributed by atoms with Crippen LogP contribution in [0.3, 0.4) is 0 Å². The summed E-state index contributed by atoms with van der Waals surface area (Å²) in [7, 11) is 0. The minimum atomic E-state index is -0.176. The monoisotopic (exact) mass is 325 g/mol. The number of aromatic nitrogens is 3. The lowest BCUT2D eigenvalue weighted by Crippen LogP contribution is -2.21. The molecule has 0 spiro atoms. The van der Waals surface area contributed by atoms with Gasteiger partial charge in [0.1, 0.15) is 0 Å². The molecular weight excluding hydrogens is 317 g/mol. The Bertz CT molecular complexity index is 856. The van der Waals surface area contributed by atoms with Crippen LogP contribution < -0.4 is 5.56 Å². The molecule has 0 amide bonds. The molecule has 2 heterocycles. The van der Waals surface area contributed by atoms with Crippen molar-refractivity contribution in [3.63, 3.8) is 0 Å². The van der Waals surface area contributed by atoms with Crippen molar-refractivity contribution in [1.82, 2.24) is 14.5 Å². The zero-order valence-electron chi connectivity index (χ0n) is 10.4. The number of nitrogens with zero attached hydrogens (tertiary/aromatic N) is 3. The summed E-state index contributed by atoms with van der Waals surface area (Å²) in [5.74, 6) is 0. The van der Waals surface area contributed by atoms with Crippen molar-refractivity contribution in [1.29, 1.82) is 0 Å². The van der Waals surface area contributed by atoms with Gasteiger partial charge in [0.05, 0.1) is 39.5 Å². The normalized spacial score (nSPS) is 11.2. The third kappa shape index (κ3) is 2.44. The minimum Gasteiger partial charge on any atom is -0.293 e. The van der Waals surface area contributed by atoms with E-state index >= 15 is 0 Å². The van der Waals surface area contributed by atoms with Gasteiger partial charge in [-0.25, -0.2) is 9.97 Å². The fourth-order valence-electron chi connectivity index (χ4n) is 1.96. The largest absolute Gasteiger partial charge is 0.293 e. The standard InChI is InChI=1S/C13H9Cl2N3OS/c1-7-17-9(5-20-7)4-18-6-16-12-10(13(18)19)2-8(14)3-11(12)15/h2-3,5-6H,4H2,1H3. The molecule has 0 bridgehead atoms. The van der Waals surface area contributed by atoms with Gasteiger partial charge in [0, 0.05) is 10.4 Å². The number of benzene rings is 1. The number of fused-ring (bicyclic) bond motifs is 1. The van der Waals surface area contributed by atoms with Gasteiger partial charge in [0.25, 0.3) is 5.56 Å². The summed E-state index contributed by atoms with van der Waals surface area (Å²) < 4.78 is 1.50. The molecule has 2 aromatic heterocycles. The van der Waals surface area contributed by atoms with Crippen molar-refractivity contribution in [2.45, 2.75) is 13.5 Å². The van der Waals surface area contributed by atoms with Gasteiger partial charge in [-0.05, 0) is 19.1 Å². The highest BCUT2D eigenvalue weighted by Gasteiger charge is 2.10. The molecule has 3 aromatic rings. The molecular formula is C13H9Cl2N3OS. The molecule has 0 aliphatic heterocycles. The Hall–Kier alpha value is -1.43. The van der Waals surface area contributed by atoms with Crippen molar-refractivity contribution in [3.8, 4) is 0 Å². The van der Waals surface area contributed by atoms with Crippen molar-refractivity contribution < 1.29 is 0 Å². The lowest BCUT2D eigenvalue weighted by Gasteiger charge is -2.06. The van der Waals surface area contributed by atoms with E-state index in [1.165, 1.54) is 10.9 Å². The molecule has 0 aliphatic rings. The van der Waals surface area contributed by atoms with E-state index in [2.05, 4.69) is 9.97 Å². The Kier molecular flexibility index (Phi) is 3.50. The van der Waals surface area contributed by atoms with Crippen molar-refractivity contribution >= 4 is 45.4 Å². The first-order valence-corrected chi connectivity index (χ1v) is 7.43. The Morgan fingerprint density at radius 1 is 1.35 bits per heavy atom. The molecule has 0 unspecified atom stereocenters. The first-order valence-electron chi connectivity index (χ1n) is 5.80. The molecule has 0 saturated carbocycles. The Morgan fingerprint density at radius 3 is 2.85 bits per heavy atom. The highest BCUT2D eigenvalue weighted by atomic mass is 35.5. The quantitative estimate of drug-likeness (QED) is 0.724. The predicted octanol–water partition coefficient (Wildman–Crippen LogP) is 3.52. The van der Waals surface area contributed by atoms with Crippen LogP contribution in [-0.4, -0.2) is 14.5 Å². The van der Waals surface area contributed by atoms with E-state index in [-0.39, 0.29) is 5.56 Å². The Labute approximate surface area is 128 Å². The summed E-state index contributed by atoms with van der Waals surface area (Å²) in [5.41, 5.74) is 1.13. The molecule has 3 rings (SSSR count). The topological polar surface area (TPSA) is 47.8 Å². The predicted molar refractivity (Wildman–Crippen MR) is 82.0 cm³/mol. The summed E-state index contributed by atoms with van der Waals surface area (Å²) in [5, 5.41) is 4.10. The Balaban J connectivity index is 2.14. The van der Waals surface area contributed by atoms with Crippen LogP contribution in [-0.2, 0) is 6.54 Å². The molecule has 0 aliphatic carbocycles. The summed E-state index contributed by atoms with van der Waals surface area (Å²) in [6, 6.07) is 3.16. The van der Waals surface area contributed by atoms with Crippen LogP contribution in [0, 0.1) is 6.92 Å². The average molecular weight is 326 g/mol. The maximum atomic E-state index is 12.4. The highest BCUT2D eigenvalue weighted by Crippen LogP contribution is 2.24. The summed E-state index contributed by atoms with van der Waals surface area (Å²) >= 11 is 13.5. The zero-order chi connectivity index (χ0) is 14.3. The number of thiazole rings is 1. The van der Waals surface area contributed by atoms with E-state index < -0.39 is 0 Å². The van der Waals surface area contributed by atoms with Crippen LogP contribution in [0.15, 0.2) is 28.6 Å². The van der Waals surface area contributed by atoms with Gasteiger partial charge in [-0.3, -0.25) is 9.36 Å². The number of hydrogen-bond donors (Lipinski definition) is 0. The second-order valence-corrected chi connectivity index (χ2v) is 6.23. The van der Waals surface area contributed by atoms with Crippen LogP contribution >= 0.6 is 34.5 Å². The molecule has 102 valence electrons. The van der Waals surface area contributed by atoms with E-state index in [1.807, 2.05) is 12.3 Å². The molecule has 0 radical (unpaired) electrons. The third-order valence-electron chi connectivity index (χ3n) is 2.84. The SMILES string of the molecule is Cc1nc(Cn2cnc3c(Cl)cc(Cl)cc3c2=O)cs1. The van der Waals surface area contributed by atoms with Crippen LogP contribution in [0.1, 0.15) is 10.7 Å². The smallest absolute Gasteiger partial charge is 0.261 e. The summed E-state index contributed by atoms with van der Waals surface area (Å²) in [6.45, 7) is 2.31. The first kappa shape index (κ1) is 13.5. The average Bonchev–Trinajstić information content (AvgIpc) is 2.79. The Morgan fingerprint density at radius 2 is 2.15 bits per heavy atom. The van der Waals surface area contributed by atoms with Gasteiger partial charge in [-0.15, -0.1) is 11.3 Å². The molecule has 7 heteroatoms. The number of aryl methyl sites for hydroxylation is 1. The maximum absolute atomic E-state index is 12.4. The number of halogens is 2. The van der Waals surface area contributed by atoms with Gasteiger partial charge >= 0.3 is 0 Å². The lowest BCUT2D eigenvalue weighted by atomic mass is 10.2. The summed E-state index contributed by atoms with van der Waals surface area (Å²) in [4.78, 5) is 21.0. The number of hydrogen-bond acceptors (Lipinski definition) is 4. The third-order valence-corrected chi connectivity index (χ3v) is 4.17. The molecule has 1 aromatic carbocycles. The van der Waals surface area contributed by atoms with Crippen LogP contribution in [0.4, 0.5) is 0 Å². The van der Waals surface area contributed by atoms with Gasteiger partial charge < -0.3 is 0 Å². The van der Waals surface area contributed by atoms with Gasteiger partial charge in [0.2, 0.25) is 0 Å². The first-order chi connectivity index (χ1) is 9.54. The highest BCUT2D eigenvalue weighted by molar-refractivity contribution is 7.09.